The molecule has 11 heteroatoms. The van der Waals surface area contributed by atoms with Crippen molar-refractivity contribution >= 4 is 39.2 Å². The van der Waals surface area contributed by atoms with Gasteiger partial charge in [-0.1, -0.05) is 6.07 Å². The molecule has 1 atom stereocenters. The third-order valence-electron chi connectivity index (χ3n) is 5.95. The molecule has 2 aliphatic heterocycles. The molecule has 1 aromatic heterocycles. The Morgan fingerprint density at radius 2 is 1.85 bits per heavy atom. The van der Waals surface area contributed by atoms with Gasteiger partial charge in [-0.3, -0.25) is 14.4 Å². The number of hydrogen-bond acceptors (Lipinski definition) is 7. The number of anilines is 3. The van der Waals surface area contributed by atoms with E-state index >= 15 is 0 Å². The van der Waals surface area contributed by atoms with Crippen LogP contribution in [0.2, 0.25) is 0 Å². The number of nitrogens with one attached hydrogen (secondary N) is 1. The van der Waals surface area contributed by atoms with Gasteiger partial charge < -0.3 is 14.5 Å². The summed E-state index contributed by atoms with van der Waals surface area (Å²) in [5, 5.41) is 0. The van der Waals surface area contributed by atoms with Crippen LogP contribution in [0.5, 0.6) is 0 Å². The molecule has 0 radical (unpaired) electrons. The molecule has 2 fully saturated rings. The summed E-state index contributed by atoms with van der Waals surface area (Å²) in [6.45, 7) is 8.29. The highest BCUT2D eigenvalue weighted by molar-refractivity contribution is 7.92. The first-order valence-corrected chi connectivity index (χ1v) is 13.0. The van der Waals surface area contributed by atoms with Crippen LogP contribution in [0, 0.1) is 13.8 Å². The molecule has 0 unspecified atom stereocenters. The quantitative estimate of drug-likeness (QED) is 0.689. The number of carbonyl (C=O) groups excluding carboxylic acids is 2. The minimum atomic E-state index is -3.66. The summed E-state index contributed by atoms with van der Waals surface area (Å²) in [5.74, 6) is 0.635. The summed E-state index contributed by atoms with van der Waals surface area (Å²) in [6, 6.07) is 6.59. The number of ether oxygens (including phenoxy) is 1. The fourth-order valence-corrected chi connectivity index (χ4v) is 4.93. The van der Waals surface area contributed by atoms with E-state index in [-0.39, 0.29) is 29.8 Å². The van der Waals surface area contributed by atoms with Crippen LogP contribution in [0.1, 0.15) is 28.4 Å². The second kappa shape index (κ2) is 9.13. The van der Waals surface area contributed by atoms with Crippen molar-refractivity contribution in [3.8, 4) is 0 Å². The van der Waals surface area contributed by atoms with E-state index in [4.69, 9.17) is 4.74 Å². The van der Waals surface area contributed by atoms with Gasteiger partial charge >= 0.3 is 6.09 Å². The van der Waals surface area contributed by atoms with Crippen molar-refractivity contribution in [3.63, 3.8) is 0 Å². The number of benzene rings is 1. The third-order valence-corrected chi connectivity index (χ3v) is 6.54. The molecule has 0 bridgehead atoms. The van der Waals surface area contributed by atoms with Crippen LogP contribution < -0.4 is 14.5 Å². The fourth-order valence-electron chi connectivity index (χ4n) is 4.36. The van der Waals surface area contributed by atoms with Crippen LogP contribution in [0.25, 0.3) is 0 Å². The van der Waals surface area contributed by atoms with Crippen LogP contribution in [0.3, 0.4) is 0 Å². The Labute approximate surface area is 199 Å². The molecule has 0 saturated carbocycles. The van der Waals surface area contributed by atoms with E-state index in [1.807, 2.05) is 27.0 Å². The van der Waals surface area contributed by atoms with E-state index in [0.717, 1.165) is 23.2 Å². The molecule has 4 rings (SSSR count). The van der Waals surface area contributed by atoms with Gasteiger partial charge in [-0.25, -0.2) is 18.2 Å². The van der Waals surface area contributed by atoms with Crippen molar-refractivity contribution < 1.29 is 22.7 Å². The number of aryl methyl sites for hydroxylation is 2. The maximum Gasteiger partial charge on any atom is 0.414 e. The maximum atomic E-state index is 13.4. The molecule has 1 aromatic carbocycles. The zero-order chi connectivity index (χ0) is 24.6. The van der Waals surface area contributed by atoms with Crippen molar-refractivity contribution in [1.29, 1.82) is 0 Å². The molecule has 34 heavy (non-hydrogen) atoms. The molecule has 2 aliphatic rings. The van der Waals surface area contributed by atoms with Crippen LogP contribution in [-0.2, 0) is 14.8 Å². The number of amides is 2. The third kappa shape index (κ3) is 4.93. The summed E-state index contributed by atoms with van der Waals surface area (Å²) in [4.78, 5) is 35.3. The number of sulfonamides is 1. The highest BCUT2D eigenvalue weighted by atomic mass is 32.2. The van der Waals surface area contributed by atoms with Crippen LogP contribution in [-0.4, -0.2) is 75.4 Å². The summed E-state index contributed by atoms with van der Waals surface area (Å²) >= 11 is 0. The molecule has 2 aromatic rings. The summed E-state index contributed by atoms with van der Waals surface area (Å²) in [7, 11) is -3.66. The zero-order valence-corrected chi connectivity index (χ0v) is 20.6. The van der Waals surface area contributed by atoms with Gasteiger partial charge in [0.2, 0.25) is 10.0 Å². The predicted octanol–water partition coefficient (Wildman–Crippen LogP) is 2.38. The summed E-state index contributed by atoms with van der Waals surface area (Å²) in [6.07, 6.45) is 2.35. The lowest BCUT2D eigenvalue weighted by atomic mass is 10.1. The van der Waals surface area contributed by atoms with Crippen molar-refractivity contribution in [2.45, 2.75) is 26.8 Å². The monoisotopic (exact) mass is 487 g/mol. The van der Waals surface area contributed by atoms with Crippen molar-refractivity contribution in [2.24, 2.45) is 0 Å². The van der Waals surface area contributed by atoms with Gasteiger partial charge in [-0.2, -0.15) is 0 Å². The highest BCUT2D eigenvalue weighted by Crippen LogP contribution is 2.30. The first-order chi connectivity index (χ1) is 16.0. The normalized spacial score (nSPS) is 18.8. The van der Waals surface area contributed by atoms with E-state index in [2.05, 4.69) is 20.7 Å². The molecule has 2 amide bonds. The van der Waals surface area contributed by atoms with Gasteiger partial charge in [0.1, 0.15) is 12.4 Å². The van der Waals surface area contributed by atoms with E-state index in [1.165, 1.54) is 11.0 Å². The SMILES string of the molecule is Cc1cnc(N2CCN(C(=O)c3ccc(N4C(=O)OC[C@H]4C)cc3NS(C)(=O)=O)CC2)c(C)c1. The van der Waals surface area contributed by atoms with Crippen molar-refractivity contribution in [2.75, 3.05) is 53.6 Å². The number of rotatable bonds is 5. The fraction of sp³-hybridized carbons (Fsp3) is 0.435. The summed E-state index contributed by atoms with van der Waals surface area (Å²) in [5.41, 5.74) is 3.01. The maximum absolute atomic E-state index is 13.4. The van der Waals surface area contributed by atoms with Crippen molar-refractivity contribution in [3.05, 3.63) is 47.2 Å². The van der Waals surface area contributed by atoms with Crippen LogP contribution in [0.4, 0.5) is 22.0 Å². The molecule has 2 saturated heterocycles. The summed E-state index contributed by atoms with van der Waals surface area (Å²) < 4.78 is 31.5. The average Bonchev–Trinajstić information content (AvgIpc) is 3.10. The molecule has 0 aliphatic carbocycles. The first kappa shape index (κ1) is 23.8. The van der Waals surface area contributed by atoms with E-state index in [0.29, 0.717) is 31.9 Å². The lowest BCUT2D eigenvalue weighted by molar-refractivity contribution is 0.0747. The van der Waals surface area contributed by atoms with Gasteiger partial charge in [-0.05, 0) is 50.1 Å². The Kier molecular flexibility index (Phi) is 6.39. The molecule has 1 N–H and O–H groups in total. The van der Waals surface area contributed by atoms with E-state index < -0.39 is 16.1 Å². The second-order valence-corrected chi connectivity index (χ2v) is 10.6. The van der Waals surface area contributed by atoms with Gasteiger partial charge in [0.05, 0.1) is 23.5 Å². The number of nitrogens with zero attached hydrogens (tertiary/aromatic N) is 4. The molecular formula is C23H29N5O5S. The Morgan fingerprint density at radius 1 is 1.15 bits per heavy atom. The van der Waals surface area contributed by atoms with Crippen LogP contribution >= 0.6 is 0 Å². The number of aromatic nitrogens is 1. The second-order valence-electron chi connectivity index (χ2n) is 8.83. The zero-order valence-electron chi connectivity index (χ0n) is 19.7. The Hall–Kier alpha value is -3.34. The molecule has 182 valence electrons. The lowest BCUT2D eigenvalue weighted by Gasteiger charge is -2.36. The predicted molar refractivity (Wildman–Crippen MR) is 130 cm³/mol. The molecule has 0 spiro atoms. The Balaban J connectivity index is 1.56. The number of piperazine rings is 1. The molecule has 10 nitrogen and oxygen atoms in total. The number of carbonyl (C=O) groups is 2. The average molecular weight is 488 g/mol. The smallest absolute Gasteiger partial charge is 0.414 e. The number of hydrogen-bond donors (Lipinski definition) is 1. The lowest BCUT2D eigenvalue weighted by Crippen LogP contribution is -2.49. The Bertz CT molecular complexity index is 1220. The van der Waals surface area contributed by atoms with Gasteiger partial charge in [0, 0.05) is 38.1 Å². The minimum absolute atomic E-state index is 0.135. The van der Waals surface area contributed by atoms with Crippen LogP contribution in [0.15, 0.2) is 30.5 Å². The molecule has 3 heterocycles. The highest BCUT2D eigenvalue weighted by Gasteiger charge is 2.32. The van der Waals surface area contributed by atoms with Gasteiger partial charge in [-0.15, -0.1) is 0 Å². The minimum Gasteiger partial charge on any atom is -0.447 e. The Morgan fingerprint density at radius 3 is 2.44 bits per heavy atom. The van der Waals surface area contributed by atoms with E-state index in [1.54, 1.807) is 17.0 Å². The van der Waals surface area contributed by atoms with E-state index in [9.17, 15) is 18.0 Å². The number of cyclic esters (lactones) is 1. The van der Waals surface area contributed by atoms with Gasteiger partial charge in [0.15, 0.2) is 0 Å². The topological polar surface area (TPSA) is 112 Å². The number of pyridine rings is 1. The largest absolute Gasteiger partial charge is 0.447 e. The van der Waals surface area contributed by atoms with Crippen molar-refractivity contribution in [1.82, 2.24) is 9.88 Å². The molecular weight excluding hydrogens is 458 g/mol. The standard InChI is InChI=1S/C23H29N5O5S/c1-15-11-16(2)21(24-13-15)26-7-9-27(10-8-26)22(29)19-6-5-18(12-20(19)25-34(4,31)32)28-17(3)14-33-23(28)30/h5-6,11-13,17,25H,7-10,14H2,1-4H3/t17-/m1/s1. The van der Waals surface area contributed by atoms with Gasteiger partial charge in [0.25, 0.3) is 5.91 Å². The first-order valence-electron chi connectivity index (χ1n) is 11.1.